The smallest absolute Gasteiger partial charge is 0.134 e. The Kier molecular flexibility index (Phi) is 3.96. The predicted molar refractivity (Wildman–Crippen MR) is 57.0 cm³/mol. The van der Waals surface area contributed by atoms with Crippen molar-refractivity contribution in [2.75, 3.05) is 6.61 Å². The maximum Gasteiger partial charge on any atom is 0.134 e. The van der Waals surface area contributed by atoms with E-state index >= 15 is 0 Å². The van der Waals surface area contributed by atoms with E-state index in [9.17, 15) is 4.79 Å². The Morgan fingerprint density at radius 1 is 1.43 bits per heavy atom. The first-order valence-corrected chi connectivity index (χ1v) is 4.91. The van der Waals surface area contributed by atoms with E-state index in [1.165, 1.54) is 0 Å². The fraction of sp³-hybridized carbons (Fsp3) is 0.364. The van der Waals surface area contributed by atoms with E-state index in [1.54, 1.807) is 19.1 Å². The maximum atomic E-state index is 10.9. The number of ketones is 1. The average molecular weight is 213 g/mol. The molecule has 76 valence electrons. The fourth-order valence-electron chi connectivity index (χ4n) is 1.26. The van der Waals surface area contributed by atoms with E-state index in [0.717, 1.165) is 11.3 Å². The van der Waals surface area contributed by atoms with Crippen LogP contribution >= 0.6 is 11.6 Å². The van der Waals surface area contributed by atoms with Gasteiger partial charge in [0.15, 0.2) is 0 Å². The Morgan fingerprint density at radius 3 is 2.71 bits per heavy atom. The molecule has 3 heteroatoms. The van der Waals surface area contributed by atoms with Gasteiger partial charge in [-0.25, -0.2) is 0 Å². The van der Waals surface area contributed by atoms with Crippen molar-refractivity contribution < 1.29 is 9.53 Å². The Labute approximate surface area is 88.8 Å². The van der Waals surface area contributed by atoms with Crippen LogP contribution in [0, 0.1) is 0 Å². The van der Waals surface area contributed by atoms with Crippen molar-refractivity contribution in [1.82, 2.24) is 0 Å². The molecule has 0 radical (unpaired) electrons. The quantitative estimate of drug-likeness (QED) is 0.767. The number of carbonyl (C=O) groups is 1. The third kappa shape index (κ3) is 3.38. The Balaban J connectivity index is 2.88. The standard InChI is InChI=1S/C11H13ClO2/c1-3-14-11-6-9(4-8(2)13)5-10(12)7-11/h5-7H,3-4H2,1-2H3. The minimum absolute atomic E-state index is 0.120. The molecule has 1 rings (SSSR count). The number of benzene rings is 1. The first-order chi connectivity index (χ1) is 6.61. The highest BCUT2D eigenvalue weighted by atomic mass is 35.5. The SMILES string of the molecule is CCOc1cc(Cl)cc(CC(C)=O)c1. The third-order valence-electron chi connectivity index (χ3n) is 1.70. The minimum atomic E-state index is 0.120. The Bertz CT molecular complexity index is 334. The van der Waals surface area contributed by atoms with Crippen molar-refractivity contribution in [2.24, 2.45) is 0 Å². The highest BCUT2D eigenvalue weighted by Gasteiger charge is 2.02. The zero-order chi connectivity index (χ0) is 10.6. The summed E-state index contributed by atoms with van der Waals surface area (Å²) in [6, 6.07) is 5.37. The number of ether oxygens (including phenoxy) is 1. The van der Waals surface area contributed by atoms with Crippen LogP contribution < -0.4 is 4.74 Å². The molecule has 0 spiro atoms. The predicted octanol–water partition coefficient (Wildman–Crippen LogP) is 2.87. The largest absolute Gasteiger partial charge is 0.494 e. The van der Waals surface area contributed by atoms with Gasteiger partial charge in [-0.1, -0.05) is 11.6 Å². The van der Waals surface area contributed by atoms with Gasteiger partial charge in [-0.15, -0.1) is 0 Å². The molecule has 0 unspecified atom stereocenters. The molecule has 0 atom stereocenters. The second kappa shape index (κ2) is 5.01. The summed E-state index contributed by atoms with van der Waals surface area (Å²) >= 11 is 5.88. The maximum absolute atomic E-state index is 10.9. The molecule has 0 aliphatic carbocycles. The summed E-state index contributed by atoms with van der Waals surface area (Å²) in [5.74, 6) is 0.839. The van der Waals surface area contributed by atoms with Gasteiger partial charge in [-0.3, -0.25) is 4.79 Å². The lowest BCUT2D eigenvalue weighted by atomic mass is 10.1. The van der Waals surface area contributed by atoms with Crippen LogP contribution in [0.1, 0.15) is 19.4 Å². The molecule has 0 bridgehead atoms. The summed E-state index contributed by atoms with van der Waals surface area (Å²) in [6.45, 7) is 4.06. The van der Waals surface area contributed by atoms with Crippen molar-refractivity contribution in [3.05, 3.63) is 28.8 Å². The third-order valence-corrected chi connectivity index (χ3v) is 1.91. The summed E-state index contributed by atoms with van der Waals surface area (Å²) in [5.41, 5.74) is 0.897. The molecule has 2 nitrogen and oxygen atoms in total. The summed E-state index contributed by atoms with van der Waals surface area (Å²) in [4.78, 5) is 10.9. The van der Waals surface area contributed by atoms with E-state index < -0.39 is 0 Å². The van der Waals surface area contributed by atoms with Crippen molar-refractivity contribution in [3.8, 4) is 5.75 Å². The molecule has 0 aliphatic heterocycles. The number of Topliss-reactive ketones (excluding diaryl/α,β-unsaturated/α-hetero) is 1. The summed E-state index contributed by atoms with van der Waals surface area (Å²) in [5, 5.41) is 0.604. The van der Waals surface area contributed by atoms with Crippen LogP contribution in [-0.4, -0.2) is 12.4 Å². The Morgan fingerprint density at radius 2 is 2.14 bits per heavy atom. The monoisotopic (exact) mass is 212 g/mol. The lowest BCUT2D eigenvalue weighted by Crippen LogP contribution is -1.98. The second-order valence-corrected chi connectivity index (χ2v) is 3.54. The van der Waals surface area contributed by atoms with E-state index in [2.05, 4.69) is 0 Å². The van der Waals surface area contributed by atoms with Crippen LogP contribution in [0.5, 0.6) is 5.75 Å². The molecule has 0 aromatic heterocycles. The fourth-order valence-corrected chi connectivity index (χ4v) is 1.51. The summed E-state index contributed by atoms with van der Waals surface area (Å²) in [6.07, 6.45) is 0.403. The van der Waals surface area contributed by atoms with Crippen molar-refractivity contribution in [3.63, 3.8) is 0 Å². The van der Waals surface area contributed by atoms with E-state index in [-0.39, 0.29) is 5.78 Å². The molecule has 1 aromatic carbocycles. The molecule has 14 heavy (non-hydrogen) atoms. The van der Waals surface area contributed by atoms with E-state index in [1.807, 2.05) is 13.0 Å². The van der Waals surface area contributed by atoms with Gasteiger partial charge in [0.2, 0.25) is 0 Å². The van der Waals surface area contributed by atoms with Gasteiger partial charge in [0.1, 0.15) is 11.5 Å². The molecule has 0 N–H and O–H groups in total. The highest BCUT2D eigenvalue weighted by Crippen LogP contribution is 2.21. The van der Waals surface area contributed by atoms with E-state index in [4.69, 9.17) is 16.3 Å². The normalized spacial score (nSPS) is 9.93. The first-order valence-electron chi connectivity index (χ1n) is 4.53. The van der Waals surface area contributed by atoms with Gasteiger partial charge >= 0.3 is 0 Å². The van der Waals surface area contributed by atoms with Crippen LogP contribution in [0.3, 0.4) is 0 Å². The minimum Gasteiger partial charge on any atom is -0.494 e. The van der Waals surface area contributed by atoms with Gasteiger partial charge in [-0.2, -0.15) is 0 Å². The van der Waals surface area contributed by atoms with E-state index in [0.29, 0.717) is 18.1 Å². The zero-order valence-electron chi connectivity index (χ0n) is 8.34. The molecule has 0 saturated carbocycles. The number of carbonyl (C=O) groups excluding carboxylic acids is 1. The van der Waals surface area contributed by atoms with Crippen LogP contribution in [0.15, 0.2) is 18.2 Å². The van der Waals surface area contributed by atoms with Crippen molar-refractivity contribution in [2.45, 2.75) is 20.3 Å². The molecular formula is C11H13ClO2. The Hall–Kier alpha value is -1.02. The van der Waals surface area contributed by atoms with Gasteiger partial charge in [0.05, 0.1) is 6.61 Å². The van der Waals surface area contributed by atoms with Crippen LogP contribution in [-0.2, 0) is 11.2 Å². The number of hydrogen-bond acceptors (Lipinski definition) is 2. The highest BCUT2D eigenvalue weighted by molar-refractivity contribution is 6.30. The molecular weight excluding hydrogens is 200 g/mol. The number of halogens is 1. The van der Waals surface area contributed by atoms with Crippen LogP contribution in [0.2, 0.25) is 5.02 Å². The van der Waals surface area contributed by atoms with Crippen molar-refractivity contribution in [1.29, 1.82) is 0 Å². The van der Waals surface area contributed by atoms with Gasteiger partial charge in [0.25, 0.3) is 0 Å². The molecule has 0 heterocycles. The van der Waals surface area contributed by atoms with Crippen LogP contribution in [0.25, 0.3) is 0 Å². The molecule has 0 amide bonds. The summed E-state index contributed by atoms with van der Waals surface area (Å²) in [7, 11) is 0. The molecule has 0 fully saturated rings. The lowest BCUT2D eigenvalue weighted by molar-refractivity contribution is -0.116. The van der Waals surface area contributed by atoms with Crippen LogP contribution in [0.4, 0.5) is 0 Å². The van der Waals surface area contributed by atoms with Gasteiger partial charge < -0.3 is 4.74 Å². The van der Waals surface area contributed by atoms with Gasteiger partial charge in [0, 0.05) is 11.4 Å². The average Bonchev–Trinajstić information content (AvgIpc) is 2.01. The van der Waals surface area contributed by atoms with Gasteiger partial charge in [-0.05, 0) is 37.6 Å². The number of rotatable bonds is 4. The molecule has 1 aromatic rings. The molecule has 0 aliphatic rings. The zero-order valence-corrected chi connectivity index (χ0v) is 9.10. The summed E-state index contributed by atoms with van der Waals surface area (Å²) < 4.78 is 5.31. The topological polar surface area (TPSA) is 26.3 Å². The number of hydrogen-bond donors (Lipinski definition) is 0. The lowest BCUT2D eigenvalue weighted by Gasteiger charge is -2.06. The second-order valence-electron chi connectivity index (χ2n) is 3.11. The van der Waals surface area contributed by atoms with Crippen molar-refractivity contribution >= 4 is 17.4 Å². The molecule has 0 saturated heterocycles. The first kappa shape index (κ1) is 11.1.